The van der Waals surface area contributed by atoms with Crippen molar-refractivity contribution in [1.82, 2.24) is 0 Å². The molecule has 3 aromatic heterocycles. The van der Waals surface area contributed by atoms with Crippen molar-refractivity contribution in [1.29, 1.82) is 0 Å². The molecule has 2 N–H and O–H groups in total. The summed E-state index contributed by atoms with van der Waals surface area (Å²) in [6.07, 6.45) is 0. The van der Waals surface area contributed by atoms with Crippen molar-refractivity contribution >= 4 is 59.3 Å². The summed E-state index contributed by atoms with van der Waals surface area (Å²) in [5.41, 5.74) is 7.46. The molecule has 3 rings (SSSR count). The third-order valence-corrected chi connectivity index (χ3v) is 6.37. The summed E-state index contributed by atoms with van der Waals surface area (Å²) in [5, 5.41) is 6.31. The Bertz CT molecular complexity index is 593. The molecule has 16 heavy (non-hydrogen) atoms. The Morgan fingerprint density at radius 1 is 1.25 bits per heavy atom. The largest absolute Gasteiger partial charge is 0.320 e. The minimum Gasteiger partial charge on any atom is -0.320 e. The number of fused-ring (bicyclic) bond motifs is 1. The lowest BCUT2D eigenvalue weighted by Gasteiger charge is -2.07. The quantitative estimate of drug-likeness (QED) is 0.715. The van der Waals surface area contributed by atoms with Crippen LogP contribution in [-0.2, 0) is 0 Å². The van der Waals surface area contributed by atoms with Crippen LogP contribution in [0.2, 0.25) is 0 Å². The molecule has 0 saturated heterocycles. The van der Waals surface area contributed by atoms with Crippen LogP contribution in [0.15, 0.2) is 32.7 Å². The third-order valence-electron chi connectivity index (χ3n) is 2.44. The predicted octanol–water partition coefficient (Wildman–Crippen LogP) is 4.83. The second kappa shape index (κ2) is 4.23. The van der Waals surface area contributed by atoms with Crippen LogP contribution in [0.4, 0.5) is 0 Å². The fraction of sp³-hybridized carbons (Fsp3) is 0.0909. The smallest absolute Gasteiger partial charge is 0.0666 e. The molecular weight excluding hydrogens is 322 g/mol. The second-order valence-corrected chi connectivity index (χ2v) is 7.11. The highest BCUT2D eigenvalue weighted by atomic mass is 79.9. The van der Waals surface area contributed by atoms with Crippen LogP contribution in [0.25, 0.3) is 9.40 Å². The molecule has 0 aromatic carbocycles. The first-order valence-corrected chi connectivity index (χ1v) is 8.13. The zero-order valence-corrected chi connectivity index (χ0v) is 12.2. The van der Waals surface area contributed by atoms with E-state index in [9.17, 15) is 0 Å². The summed E-state index contributed by atoms with van der Waals surface area (Å²) in [7, 11) is 0. The van der Waals surface area contributed by atoms with Gasteiger partial charge in [0, 0.05) is 24.1 Å². The van der Waals surface area contributed by atoms with Crippen LogP contribution >= 0.6 is 49.9 Å². The van der Waals surface area contributed by atoms with Crippen molar-refractivity contribution in [3.8, 4) is 0 Å². The van der Waals surface area contributed by atoms with E-state index in [-0.39, 0.29) is 6.04 Å². The molecule has 0 aliphatic carbocycles. The first-order valence-electron chi connectivity index (χ1n) is 4.70. The molecule has 5 heteroatoms. The average Bonchev–Trinajstić information content (AvgIpc) is 2.89. The van der Waals surface area contributed by atoms with Gasteiger partial charge in [0.25, 0.3) is 0 Å². The van der Waals surface area contributed by atoms with Crippen LogP contribution in [-0.4, -0.2) is 0 Å². The van der Waals surface area contributed by atoms with E-state index in [1.165, 1.54) is 19.8 Å². The van der Waals surface area contributed by atoms with E-state index >= 15 is 0 Å². The maximum atomic E-state index is 6.28. The zero-order valence-electron chi connectivity index (χ0n) is 8.14. The Labute approximate surface area is 114 Å². The minimum absolute atomic E-state index is 0.00905. The van der Waals surface area contributed by atoms with Crippen LogP contribution in [0.3, 0.4) is 0 Å². The SMILES string of the molecule is NC(c1cc2sccc2s1)c1cscc1Br. The molecule has 0 aliphatic heterocycles. The highest BCUT2D eigenvalue weighted by Crippen LogP contribution is 2.37. The molecule has 1 nitrogen and oxygen atoms in total. The third kappa shape index (κ3) is 1.76. The molecule has 1 atom stereocenters. The number of nitrogens with two attached hydrogens (primary N) is 1. The lowest BCUT2D eigenvalue weighted by Crippen LogP contribution is -2.09. The monoisotopic (exact) mass is 329 g/mol. The second-order valence-electron chi connectivity index (χ2n) is 3.45. The lowest BCUT2D eigenvalue weighted by molar-refractivity contribution is 0.895. The zero-order chi connectivity index (χ0) is 11.1. The normalized spacial score (nSPS) is 13.4. The van der Waals surface area contributed by atoms with Gasteiger partial charge in [-0.2, -0.15) is 11.3 Å². The molecule has 0 spiro atoms. The van der Waals surface area contributed by atoms with Crippen molar-refractivity contribution < 1.29 is 0 Å². The van der Waals surface area contributed by atoms with Gasteiger partial charge in [0.1, 0.15) is 0 Å². The number of rotatable bonds is 2. The Morgan fingerprint density at radius 2 is 2.12 bits per heavy atom. The van der Waals surface area contributed by atoms with Gasteiger partial charge in [-0.1, -0.05) is 0 Å². The Hall–Kier alpha value is -0.200. The van der Waals surface area contributed by atoms with Crippen molar-refractivity contribution in [2.24, 2.45) is 5.73 Å². The van der Waals surface area contributed by atoms with Crippen LogP contribution in [0.5, 0.6) is 0 Å². The highest BCUT2D eigenvalue weighted by Gasteiger charge is 2.15. The minimum atomic E-state index is -0.00905. The molecule has 3 aromatic rings. The van der Waals surface area contributed by atoms with Crippen molar-refractivity contribution in [2.45, 2.75) is 6.04 Å². The molecule has 82 valence electrons. The summed E-state index contributed by atoms with van der Waals surface area (Å²) in [4.78, 5) is 1.24. The Morgan fingerprint density at radius 3 is 2.81 bits per heavy atom. The lowest BCUT2D eigenvalue weighted by atomic mass is 10.1. The maximum Gasteiger partial charge on any atom is 0.0666 e. The van der Waals surface area contributed by atoms with E-state index in [1.54, 1.807) is 34.0 Å². The van der Waals surface area contributed by atoms with Crippen molar-refractivity contribution in [3.05, 3.63) is 43.2 Å². The maximum absolute atomic E-state index is 6.28. The van der Waals surface area contributed by atoms with E-state index in [1.807, 2.05) is 0 Å². The summed E-state index contributed by atoms with van der Waals surface area (Å²) >= 11 is 8.78. The summed E-state index contributed by atoms with van der Waals surface area (Å²) in [6.45, 7) is 0. The first-order chi connectivity index (χ1) is 7.75. The highest BCUT2D eigenvalue weighted by molar-refractivity contribution is 9.10. The molecule has 0 aliphatic rings. The standard InChI is InChI=1S/C11H8BrNS3/c12-7-5-14-4-6(7)11(13)10-3-9-8(16-10)1-2-15-9/h1-5,11H,13H2. The predicted molar refractivity (Wildman–Crippen MR) is 77.8 cm³/mol. The number of hydrogen-bond donors (Lipinski definition) is 1. The summed E-state index contributed by atoms with van der Waals surface area (Å²) < 4.78 is 3.78. The van der Waals surface area contributed by atoms with Crippen LogP contribution in [0.1, 0.15) is 16.5 Å². The summed E-state index contributed by atoms with van der Waals surface area (Å²) in [5.74, 6) is 0. The van der Waals surface area contributed by atoms with Crippen molar-refractivity contribution in [2.75, 3.05) is 0 Å². The molecule has 0 bridgehead atoms. The molecule has 0 saturated carbocycles. The average molecular weight is 330 g/mol. The summed E-state index contributed by atoms with van der Waals surface area (Å²) in [6, 6.07) is 4.36. The van der Waals surface area contributed by atoms with Gasteiger partial charge in [-0.3, -0.25) is 0 Å². The van der Waals surface area contributed by atoms with Gasteiger partial charge in [-0.15, -0.1) is 22.7 Å². The molecule has 0 fully saturated rings. The number of halogens is 1. The van der Waals surface area contributed by atoms with Crippen molar-refractivity contribution in [3.63, 3.8) is 0 Å². The number of hydrogen-bond acceptors (Lipinski definition) is 4. The van der Waals surface area contributed by atoms with Gasteiger partial charge >= 0.3 is 0 Å². The molecule has 0 amide bonds. The van der Waals surface area contributed by atoms with E-state index in [0.29, 0.717) is 0 Å². The van der Waals surface area contributed by atoms with Crippen LogP contribution in [0, 0.1) is 0 Å². The van der Waals surface area contributed by atoms with Gasteiger partial charge in [0.15, 0.2) is 0 Å². The number of thiophene rings is 3. The van der Waals surface area contributed by atoms with Gasteiger partial charge in [0.2, 0.25) is 0 Å². The first kappa shape index (κ1) is 10.9. The fourth-order valence-corrected chi connectivity index (χ4v) is 5.32. The molecular formula is C11H8BrNS3. The van der Waals surface area contributed by atoms with E-state index in [0.717, 1.165) is 4.47 Å². The van der Waals surface area contributed by atoms with Gasteiger partial charge in [-0.05, 0) is 44.4 Å². The Kier molecular flexibility index (Phi) is 2.89. The molecule has 3 heterocycles. The Balaban J connectivity index is 2.04. The van der Waals surface area contributed by atoms with E-state index in [2.05, 4.69) is 44.2 Å². The van der Waals surface area contributed by atoms with Gasteiger partial charge in [-0.25, -0.2) is 0 Å². The topological polar surface area (TPSA) is 26.0 Å². The van der Waals surface area contributed by atoms with Gasteiger partial charge < -0.3 is 5.73 Å². The molecule has 0 radical (unpaired) electrons. The van der Waals surface area contributed by atoms with E-state index in [4.69, 9.17) is 5.73 Å². The molecule has 1 unspecified atom stereocenters. The van der Waals surface area contributed by atoms with Crippen LogP contribution < -0.4 is 5.73 Å². The fourth-order valence-electron chi connectivity index (χ4n) is 1.60. The van der Waals surface area contributed by atoms with Gasteiger partial charge in [0.05, 0.1) is 6.04 Å². The van der Waals surface area contributed by atoms with E-state index < -0.39 is 0 Å².